The Labute approximate surface area is 117 Å². The highest BCUT2D eigenvalue weighted by molar-refractivity contribution is 7.80. The van der Waals surface area contributed by atoms with Crippen molar-refractivity contribution in [2.75, 3.05) is 13.2 Å². The SMILES string of the molecule is CCCCNC(=O)COc1ccc(C(N)=S)cc1F. The van der Waals surface area contributed by atoms with Gasteiger partial charge >= 0.3 is 0 Å². The minimum atomic E-state index is -0.591. The van der Waals surface area contributed by atoms with Crippen molar-refractivity contribution in [1.29, 1.82) is 0 Å². The fourth-order valence-corrected chi connectivity index (χ4v) is 1.50. The highest BCUT2D eigenvalue weighted by Gasteiger charge is 2.08. The summed E-state index contributed by atoms with van der Waals surface area (Å²) in [6.07, 6.45) is 1.90. The first-order valence-corrected chi connectivity index (χ1v) is 6.44. The van der Waals surface area contributed by atoms with E-state index in [2.05, 4.69) is 5.32 Å². The van der Waals surface area contributed by atoms with Crippen LogP contribution in [0.4, 0.5) is 4.39 Å². The Hall–Kier alpha value is -1.69. The van der Waals surface area contributed by atoms with E-state index < -0.39 is 5.82 Å². The minimum Gasteiger partial charge on any atom is -0.481 e. The summed E-state index contributed by atoms with van der Waals surface area (Å²) in [4.78, 5) is 11.5. The van der Waals surface area contributed by atoms with E-state index in [1.807, 2.05) is 6.92 Å². The van der Waals surface area contributed by atoms with Crippen LogP contribution in [0, 0.1) is 5.82 Å². The van der Waals surface area contributed by atoms with Crippen LogP contribution < -0.4 is 15.8 Å². The van der Waals surface area contributed by atoms with Gasteiger partial charge in [-0.15, -0.1) is 0 Å². The third-order valence-electron chi connectivity index (χ3n) is 2.43. The van der Waals surface area contributed by atoms with Crippen molar-refractivity contribution in [3.8, 4) is 5.75 Å². The van der Waals surface area contributed by atoms with E-state index in [1.54, 1.807) is 6.07 Å². The quantitative estimate of drug-likeness (QED) is 0.591. The van der Waals surface area contributed by atoms with E-state index >= 15 is 0 Å². The summed E-state index contributed by atoms with van der Waals surface area (Å²) in [5.74, 6) is -0.858. The lowest BCUT2D eigenvalue weighted by Gasteiger charge is -2.08. The summed E-state index contributed by atoms with van der Waals surface area (Å²) < 4.78 is 18.7. The molecule has 19 heavy (non-hydrogen) atoms. The second-order valence-corrected chi connectivity index (χ2v) is 4.44. The molecule has 0 saturated heterocycles. The second-order valence-electron chi connectivity index (χ2n) is 4.00. The summed E-state index contributed by atoms with van der Waals surface area (Å²) in [7, 11) is 0. The van der Waals surface area contributed by atoms with Crippen LogP contribution in [0.25, 0.3) is 0 Å². The van der Waals surface area contributed by atoms with Crippen molar-refractivity contribution in [3.63, 3.8) is 0 Å². The molecule has 0 saturated carbocycles. The zero-order chi connectivity index (χ0) is 14.3. The van der Waals surface area contributed by atoms with Crippen molar-refractivity contribution in [1.82, 2.24) is 5.32 Å². The molecule has 0 heterocycles. The number of nitrogens with two attached hydrogens (primary N) is 1. The number of carbonyl (C=O) groups is 1. The third kappa shape index (κ3) is 5.21. The van der Waals surface area contributed by atoms with Crippen LogP contribution in [-0.4, -0.2) is 24.0 Å². The van der Waals surface area contributed by atoms with E-state index in [0.29, 0.717) is 12.1 Å². The van der Waals surface area contributed by atoms with Gasteiger partial charge in [-0.05, 0) is 24.6 Å². The molecule has 4 nitrogen and oxygen atoms in total. The monoisotopic (exact) mass is 284 g/mol. The molecule has 1 rings (SSSR count). The molecule has 0 fully saturated rings. The van der Waals surface area contributed by atoms with Crippen LogP contribution in [0.1, 0.15) is 25.3 Å². The maximum Gasteiger partial charge on any atom is 0.257 e. The zero-order valence-electron chi connectivity index (χ0n) is 10.7. The molecular formula is C13H17FN2O2S. The molecule has 1 amide bonds. The predicted octanol–water partition coefficient (Wildman–Crippen LogP) is 1.75. The van der Waals surface area contributed by atoms with Crippen LogP contribution in [0.2, 0.25) is 0 Å². The van der Waals surface area contributed by atoms with Crippen molar-refractivity contribution < 1.29 is 13.9 Å². The van der Waals surface area contributed by atoms with E-state index in [-0.39, 0.29) is 23.3 Å². The van der Waals surface area contributed by atoms with Gasteiger partial charge in [-0.1, -0.05) is 25.6 Å². The number of thiocarbonyl (C=S) groups is 1. The molecule has 0 spiro atoms. The molecule has 0 aliphatic rings. The van der Waals surface area contributed by atoms with Gasteiger partial charge in [0, 0.05) is 12.1 Å². The highest BCUT2D eigenvalue weighted by Crippen LogP contribution is 2.18. The lowest BCUT2D eigenvalue weighted by Crippen LogP contribution is -2.29. The summed E-state index contributed by atoms with van der Waals surface area (Å²) in [5, 5.41) is 2.68. The minimum absolute atomic E-state index is 0.00522. The van der Waals surface area contributed by atoms with Crippen molar-refractivity contribution >= 4 is 23.1 Å². The first kappa shape index (κ1) is 15.4. The first-order chi connectivity index (χ1) is 9.04. The first-order valence-electron chi connectivity index (χ1n) is 6.03. The van der Waals surface area contributed by atoms with Crippen LogP contribution in [0.3, 0.4) is 0 Å². The van der Waals surface area contributed by atoms with Gasteiger partial charge in [-0.3, -0.25) is 4.79 Å². The normalized spacial score (nSPS) is 10.0. The summed E-state index contributed by atoms with van der Waals surface area (Å²) in [6.45, 7) is 2.41. The summed E-state index contributed by atoms with van der Waals surface area (Å²) >= 11 is 4.74. The van der Waals surface area contributed by atoms with Gasteiger partial charge in [-0.25, -0.2) is 4.39 Å². The zero-order valence-corrected chi connectivity index (χ0v) is 11.6. The van der Waals surface area contributed by atoms with E-state index in [1.165, 1.54) is 12.1 Å². The van der Waals surface area contributed by atoms with Crippen LogP contribution in [0.15, 0.2) is 18.2 Å². The van der Waals surface area contributed by atoms with Gasteiger partial charge in [-0.2, -0.15) is 0 Å². The molecule has 0 aromatic heterocycles. The lowest BCUT2D eigenvalue weighted by atomic mass is 10.2. The molecule has 0 aliphatic heterocycles. The molecule has 0 aliphatic carbocycles. The van der Waals surface area contributed by atoms with Crippen LogP contribution in [0.5, 0.6) is 5.75 Å². The standard InChI is InChI=1S/C13H17FN2O2S/c1-2-3-6-16-12(17)8-18-11-5-4-9(13(15)19)7-10(11)14/h4-5,7H,2-3,6,8H2,1H3,(H2,15,19)(H,16,17). The lowest BCUT2D eigenvalue weighted by molar-refractivity contribution is -0.123. The Bertz CT molecular complexity index is 466. The summed E-state index contributed by atoms with van der Waals surface area (Å²) in [5.41, 5.74) is 5.81. The van der Waals surface area contributed by atoms with Gasteiger partial charge in [0.05, 0.1) is 0 Å². The molecule has 0 radical (unpaired) electrons. The average molecular weight is 284 g/mol. The maximum atomic E-state index is 13.6. The topological polar surface area (TPSA) is 64.3 Å². The Morgan fingerprint density at radius 3 is 2.84 bits per heavy atom. The summed E-state index contributed by atoms with van der Waals surface area (Å²) in [6, 6.07) is 4.14. The van der Waals surface area contributed by atoms with Crippen LogP contribution in [-0.2, 0) is 4.79 Å². The molecule has 1 aromatic rings. The molecule has 0 bridgehead atoms. The predicted molar refractivity (Wildman–Crippen MR) is 75.7 cm³/mol. The number of amides is 1. The van der Waals surface area contributed by atoms with Crippen molar-refractivity contribution in [2.45, 2.75) is 19.8 Å². The molecule has 6 heteroatoms. The van der Waals surface area contributed by atoms with Crippen molar-refractivity contribution in [3.05, 3.63) is 29.6 Å². The smallest absolute Gasteiger partial charge is 0.257 e. The fraction of sp³-hybridized carbons (Fsp3) is 0.385. The number of halogens is 1. The maximum absolute atomic E-state index is 13.6. The number of carbonyl (C=O) groups excluding carboxylic acids is 1. The Morgan fingerprint density at radius 1 is 1.53 bits per heavy atom. The van der Waals surface area contributed by atoms with E-state index in [9.17, 15) is 9.18 Å². The van der Waals surface area contributed by atoms with Gasteiger partial charge in [0.1, 0.15) is 4.99 Å². The average Bonchev–Trinajstić information content (AvgIpc) is 2.37. The molecule has 0 atom stereocenters. The Kier molecular flexibility index (Phi) is 6.21. The second kappa shape index (κ2) is 7.68. The third-order valence-corrected chi connectivity index (χ3v) is 2.66. The number of nitrogens with one attached hydrogen (secondary N) is 1. The molecule has 1 aromatic carbocycles. The Balaban J connectivity index is 2.49. The number of hydrogen-bond donors (Lipinski definition) is 2. The van der Waals surface area contributed by atoms with E-state index in [0.717, 1.165) is 12.8 Å². The van der Waals surface area contributed by atoms with Gasteiger partial charge < -0.3 is 15.8 Å². The number of benzene rings is 1. The highest BCUT2D eigenvalue weighted by atomic mass is 32.1. The molecular weight excluding hydrogens is 267 g/mol. The number of rotatable bonds is 7. The molecule has 104 valence electrons. The molecule has 3 N–H and O–H groups in total. The fourth-order valence-electron chi connectivity index (χ4n) is 1.37. The number of ether oxygens (including phenoxy) is 1. The van der Waals surface area contributed by atoms with E-state index in [4.69, 9.17) is 22.7 Å². The Morgan fingerprint density at radius 2 is 2.26 bits per heavy atom. The van der Waals surface area contributed by atoms with Crippen molar-refractivity contribution in [2.24, 2.45) is 5.73 Å². The van der Waals surface area contributed by atoms with Crippen LogP contribution >= 0.6 is 12.2 Å². The largest absolute Gasteiger partial charge is 0.481 e. The van der Waals surface area contributed by atoms with Gasteiger partial charge in [0.2, 0.25) is 0 Å². The van der Waals surface area contributed by atoms with Gasteiger partial charge in [0.25, 0.3) is 5.91 Å². The number of hydrogen-bond acceptors (Lipinski definition) is 3. The van der Waals surface area contributed by atoms with Gasteiger partial charge in [0.15, 0.2) is 18.2 Å². The molecule has 0 unspecified atom stereocenters. The number of unbranched alkanes of at least 4 members (excludes halogenated alkanes) is 1.